The quantitative estimate of drug-likeness (QED) is 0.773. The molecular formula is C13H22N2O2. The van der Waals surface area contributed by atoms with E-state index in [4.69, 9.17) is 15.2 Å². The molecule has 1 atom stereocenters. The Morgan fingerprint density at radius 3 is 2.35 bits per heavy atom. The molecule has 4 heteroatoms. The maximum atomic E-state index is 5.72. The summed E-state index contributed by atoms with van der Waals surface area (Å²) in [7, 11) is 5.43. The molecule has 96 valence electrons. The van der Waals surface area contributed by atoms with Gasteiger partial charge in [0.25, 0.3) is 0 Å². The Kier molecular flexibility index (Phi) is 5.97. The molecule has 1 rings (SSSR count). The molecule has 0 aliphatic heterocycles. The van der Waals surface area contributed by atoms with Gasteiger partial charge in [0.1, 0.15) is 5.75 Å². The Morgan fingerprint density at radius 2 is 1.88 bits per heavy atom. The molecule has 1 aromatic carbocycles. The van der Waals surface area contributed by atoms with Crippen LogP contribution < -0.4 is 10.5 Å². The first-order valence-corrected chi connectivity index (χ1v) is 5.73. The van der Waals surface area contributed by atoms with E-state index in [1.807, 2.05) is 12.1 Å². The third-order valence-electron chi connectivity index (χ3n) is 2.85. The van der Waals surface area contributed by atoms with E-state index in [1.165, 1.54) is 5.56 Å². The van der Waals surface area contributed by atoms with Crippen LogP contribution in [-0.4, -0.2) is 45.4 Å². The van der Waals surface area contributed by atoms with Crippen molar-refractivity contribution in [3.63, 3.8) is 0 Å². The minimum absolute atomic E-state index is 0.252. The summed E-state index contributed by atoms with van der Waals surface area (Å²) in [6.07, 6.45) is 0. The highest BCUT2D eigenvalue weighted by molar-refractivity contribution is 5.27. The molecule has 17 heavy (non-hydrogen) atoms. The minimum atomic E-state index is 0.252. The highest BCUT2D eigenvalue weighted by Crippen LogP contribution is 2.13. The first-order valence-electron chi connectivity index (χ1n) is 5.73. The van der Waals surface area contributed by atoms with E-state index in [2.05, 4.69) is 24.1 Å². The Labute approximate surface area is 103 Å². The normalized spacial score (nSPS) is 12.8. The molecule has 0 fully saturated rings. The lowest BCUT2D eigenvalue weighted by molar-refractivity contribution is 0.106. The summed E-state index contributed by atoms with van der Waals surface area (Å²) in [5.74, 6) is 0.878. The second-order valence-corrected chi connectivity index (χ2v) is 4.11. The van der Waals surface area contributed by atoms with Crippen LogP contribution in [-0.2, 0) is 11.3 Å². The predicted octanol–water partition coefficient (Wildman–Crippen LogP) is 1.10. The second kappa shape index (κ2) is 7.27. The molecule has 0 saturated carbocycles. The number of rotatable bonds is 7. The fourth-order valence-electron chi connectivity index (χ4n) is 1.72. The molecule has 0 spiro atoms. The van der Waals surface area contributed by atoms with Crippen molar-refractivity contribution in [1.29, 1.82) is 0 Å². The minimum Gasteiger partial charge on any atom is -0.497 e. The number of ether oxygens (including phenoxy) is 2. The van der Waals surface area contributed by atoms with Crippen molar-refractivity contribution in [3.8, 4) is 5.75 Å². The highest BCUT2D eigenvalue weighted by atomic mass is 16.5. The van der Waals surface area contributed by atoms with Gasteiger partial charge in [0, 0.05) is 26.2 Å². The van der Waals surface area contributed by atoms with Crippen molar-refractivity contribution in [3.05, 3.63) is 29.8 Å². The van der Waals surface area contributed by atoms with Crippen LogP contribution in [0.4, 0.5) is 0 Å². The molecule has 0 bridgehead atoms. The first kappa shape index (κ1) is 14.0. The maximum Gasteiger partial charge on any atom is 0.118 e. The van der Waals surface area contributed by atoms with Crippen LogP contribution in [0.2, 0.25) is 0 Å². The third-order valence-corrected chi connectivity index (χ3v) is 2.85. The van der Waals surface area contributed by atoms with Crippen LogP contribution in [0.15, 0.2) is 24.3 Å². The molecule has 1 aromatic rings. The largest absolute Gasteiger partial charge is 0.497 e. The van der Waals surface area contributed by atoms with Crippen LogP contribution in [0.3, 0.4) is 0 Å². The van der Waals surface area contributed by atoms with E-state index in [-0.39, 0.29) is 6.04 Å². The monoisotopic (exact) mass is 238 g/mol. The van der Waals surface area contributed by atoms with Gasteiger partial charge in [-0.3, -0.25) is 4.90 Å². The molecule has 4 nitrogen and oxygen atoms in total. The smallest absolute Gasteiger partial charge is 0.118 e. The summed E-state index contributed by atoms with van der Waals surface area (Å²) >= 11 is 0. The topological polar surface area (TPSA) is 47.7 Å². The summed E-state index contributed by atoms with van der Waals surface area (Å²) in [6.45, 7) is 2.11. The average Bonchev–Trinajstić information content (AvgIpc) is 2.36. The second-order valence-electron chi connectivity index (χ2n) is 4.11. The number of methoxy groups -OCH3 is 2. The van der Waals surface area contributed by atoms with Crippen LogP contribution in [0.1, 0.15) is 5.56 Å². The predicted molar refractivity (Wildman–Crippen MR) is 69.2 cm³/mol. The summed E-state index contributed by atoms with van der Waals surface area (Å²) < 4.78 is 10.3. The van der Waals surface area contributed by atoms with Crippen molar-refractivity contribution in [2.75, 3.05) is 34.4 Å². The molecule has 0 radical (unpaired) electrons. The van der Waals surface area contributed by atoms with Crippen LogP contribution in [0.25, 0.3) is 0 Å². The van der Waals surface area contributed by atoms with E-state index in [0.717, 1.165) is 12.3 Å². The van der Waals surface area contributed by atoms with Gasteiger partial charge in [0.05, 0.1) is 13.7 Å². The van der Waals surface area contributed by atoms with Gasteiger partial charge in [0.2, 0.25) is 0 Å². The maximum absolute atomic E-state index is 5.72. The summed E-state index contributed by atoms with van der Waals surface area (Å²) in [5.41, 5.74) is 6.96. The highest BCUT2D eigenvalue weighted by Gasteiger charge is 2.12. The lowest BCUT2D eigenvalue weighted by Gasteiger charge is -2.26. The van der Waals surface area contributed by atoms with Gasteiger partial charge >= 0.3 is 0 Å². The zero-order valence-corrected chi connectivity index (χ0v) is 10.8. The zero-order valence-electron chi connectivity index (χ0n) is 10.8. The van der Waals surface area contributed by atoms with Gasteiger partial charge < -0.3 is 15.2 Å². The van der Waals surface area contributed by atoms with E-state index in [1.54, 1.807) is 14.2 Å². The Bertz CT molecular complexity index is 314. The first-order chi connectivity index (χ1) is 8.21. The molecule has 0 heterocycles. The van der Waals surface area contributed by atoms with Crippen molar-refractivity contribution in [2.45, 2.75) is 12.6 Å². The summed E-state index contributed by atoms with van der Waals surface area (Å²) in [4.78, 5) is 2.20. The number of benzene rings is 1. The molecule has 2 N–H and O–H groups in total. The van der Waals surface area contributed by atoms with Crippen molar-refractivity contribution >= 4 is 0 Å². The summed E-state index contributed by atoms with van der Waals surface area (Å²) in [6, 6.07) is 8.32. The SMILES string of the molecule is COCC(CN)N(C)Cc1ccc(OC)cc1. The van der Waals surface area contributed by atoms with E-state index in [0.29, 0.717) is 13.2 Å². The van der Waals surface area contributed by atoms with Crippen molar-refractivity contribution < 1.29 is 9.47 Å². The van der Waals surface area contributed by atoms with E-state index < -0.39 is 0 Å². The number of hydrogen-bond donors (Lipinski definition) is 1. The Morgan fingerprint density at radius 1 is 1.24 bits per heavy atom. The molecule has 0 aliphatic rings. The fourth-order valence-corrected chi connectivity index (χ4v) is 1.72. The van der Waals surface area contributed by atoms with Crippen LogP contribution in [0, 0.1) is 0 Å². The molecule has 0 amide bonds. The number of likely N-dealkylation sites (N-methyl/N-ethyl adjacent to an activating group) is 1. The van der Waals surface area contributed by atoms with Crippen molar-refractivity contribution in [1.82, 2.24) is 4.90 Å². The van der Waals surface area contributed by atoms with Gasteiger partial charge in [-0.25, -0.2) is 0 Å². The van der Waals surface area contributed by atoms with Crippen LogP contribution >= 0.6 is 0 Å². The van der Waals surface area contributed by atoms with Gasteiger partial charge in [-0.1, -0.05) is 12.1 Å². The number of nitrogens with two attached hydrogens (primary N) is 1. The zero-order chi connectivity index (χ0) is 12.7. The van der Waals surface area contributed by atoms with Crippen molar-refractivity contribution in [2.24, 2.45) is 5.73 Å². The van der Waals surface area contributed by atoms with E-state index in [9.17, 15) is 0 Å². The Balaban J connectivity index is 2.56. The Hall–Kier alpha value is -1.10. The van der Waals surface area contributed by atoms with Gasteiger partial charge in [-0.15, -0.1) is 0 Å². The van der Waals surface area contributed by atoms with Crippen LogP contribution in [0.5, 0.6) is 5.75 Å². The molecule has 1 unspecified atom stereocenters. The number of hydrogen-bond acceptors (Lipinski definition) is 4. The summed E-state index contributed by atoms with van der Waals surface area (Å²) in [5, 5.41) is 0. The molecular weight excluding hydrogens is 216 g/mol. The van der Waals surface area contributed by atoms with E-state index >= 15 is 0 Å². The fraction of sp³-hybridized carbons (Fsp3) is 0.538. The molecule has 0 aromatic heterocycles. The number of nitrogens with zero attached hydrogens (tertiary/aromatic N) is 1. The molecule has 0 aliphatic carbocycles. The lowest BCUT2D eigenvalue weighted by atomic mass is 10.2. The standard InChI is InChI=1S/C13H22N2O2/c1-15(12(8-14)10-16-2)9-11-4-6-13(17-3)7-5-11/h4-7,12H,8-10,14H2,1-3H3. The lowest BCUT2D eigenvalue weighted by Crippen LogP contribution is -2.40. The third kappa shape index (κ3) is 4.34. The molecule has 0 saturated heterocycles. The van der Waals surface area contributed by atoms with Gasteiger partial charge in [0.15, 0.2) is 0 Å². The average molecular weight is 238 g/mol. The van der Waals surface area contributed by atoms with Gasteiger partial charge in [-0.2, -0.15) is 0 Å². The van der Waals surface area contributed by atoms with Gasteiger partial charge in [-0.05, 0) is 24.7 Å².